The Bertz CT molecular complexity index is 931. The first-order valence-corrected chi connectivity index (χ1v) is 10.5. The van der Waals surface area contributed by atoms with E-state index in [1.807, 2.05) is 48.5 Å². The molecule has 0 bridgehead atoms. The fraction of sp³-hybridized carbons (Fsp3) is 0.375. The van der Waals surface area contributed by atoms with Gasteiger partial charge in [-0.05, 0) is 35.6 Å². The van der Waals surface area contributed by atoms with Crippen molar-refractivity contribution in [2.24, 2.45) is 0 Å². The van der Waals surface area contributed by atoms with Crippen LogP contribution < -0.4 is 10.6 Å². The molecule has 2 aromatic carbocycles. The fourth-order valence-corrected chi connectivity index (χ4v) is 3.77. The lowest BCUT2D eigenvalue weighted by Crippen LogP contribution is -2.48. The van der Waals surface area contributed by atoms with E-state index in [0.29, 0.717) is 0 Å². The minimum atomic E-state index is -1.05. The number of hydrogen-bond donors (Lipinski definition) is 3. The predicted molar refractivity (Wildman–Crippen MR) is 118 cm³/mol. The molecule has 2 aromatic rings. The van der Waals surface area contributed by atoms with Gasteiger partial charge in [-0.25, -0.2) is 4.79 Å². The zero-order valence-corrected chi connectivity index (χ0v) is 18.2. The Kier molecular flexibility index (Phi) is 7.83. The van der Waals surface area contributed by atoms with Crippen LogP contribution in [0.5, 0.6) is 0 Å². The number of ether oxygens (including phenoxy) is 2. The predicted octanol–water partition coefficient (Wildman–Crippen LogP) is 2.91. The standard InChI is InChI=1S/C24H28N2O6/c1-15(31-2)13-25-23(29)21(11-12-22(27)28)26-24(30)32-14-20-18-9-5-3-7-16(18)17-8-4-6-10-19(17)20/h3-10,15,20-21H,11-14H2,1-2H3,(H,25,29)(H,26,30)(H,27,28)/t15-,21?/m0/s1. The number of rotatable bonds is 10. The molecule has 0 aliphatic heterocycles. The van der Waals surface area contributed by atoms with E-state index in [2.05, 4.69) is 10.6 Å². The van der Waals surface area contributed by atoms with Crippen LogP contribution in [0.25, 0.3) is 11.1 Å². The highest BCUT2D eigenvalue weighted by Gasteiger charge is 2.30. The van der Waals surface area contributed by atoms with E-state index in [1.54, 1.807) is 6.92 Å². The number of aliphatic carboxylic acids is 1. The molecule has 3 rings (SSSR count). The quantitative estimate of drug-likeness (QED) is 0.524. The van der Waals surface area contributed by atoms with Crippen molar-refractivity contribution in [1.29, 1.82) is 0 Å². The van der Waals surface area contributed by atoms with Crippen molar-refractivity contribution >= 4 is 18.0 Å². The summed E-state index contributed by atoms with van der Waals surface area (Å²) >= 11 is 0. The molecule has 0 saturated carbocycles. The number of nitrogens with one attached hydrogen (secondary N) is 2. The first-order valence-electron chi connectivity index (χ1n) is 10.5. The molecule has 2 amide bonds. The average Bonchev–Trinajstić information content (AvgIpc) is 3.12. The van der Waals surface area contributed by atoms with Gasteiger partial charge in [-0.2, -0.15) is 0 Å². The Morgan fingerprint density at radius 3 is 2.19 bits per heavy atom. The molecular weight excluding hydrogens is 412 g/mol. The molecule has 0 spiro atoms. The minimum absolute atomic E-state index is 0.0489. The van der Waals surface area contributed by atoms with Crippen molar-refractivity contribution < 1.29 is 29.0 Å². The number of carbonyl (C=O) groups excluding carboxylic acids is 2. The Morgan fingerprint density at radius 1 is 1.03 bits per heavy atom. The van der Waals surface area contributed by atoms with Gasteiger partial charge < -0.3 is 25.2 Å². The maximum atomic E-state index is 12.5. The third-order valence-corrected chi connectivity index (χ3v) is 5.57. The second kappa shape index (κ2) is 10.8. The molecule has 1 aliphatic carbocycles. The van der Waals surface area contributed by atoms with Crippen LogP contribution in [-0.4, -0.2) is 55.5 Å². The average molecular weight is 440 g/mol. The van der Waals surface area contributed by atoms with Gasteiger partial charge in [-0.3, -0.25) is 9.59 Å². The van der Waals surface area contributed by atoms with Crippen LogP contribution in [-0.2, 0) is 19.1 Å². The number of carboxylic acids is 1. The lowest BCUT2D eigenvalue weighted by atomic mass is 9.98. The third kappa shape index (κ3) is 5.64. The van der Waals surface area contributed by atoms with Crippen molar-refractivity contribution in [3.05, 3.63) is 59.7 Å². The summed E-state index contributed by atoms with van der Waals surface area (Å²) in [5.41, 5.74) is 4.39. The third-order valence-electron chi connectivity index (χ3n) is 5.57. The maximum Gasteiger partial charge on any atom is 0.407 e. The highest BCUT2D eigenvalue weighted by molar-refractivity contribution is 5.86. The number of fused-ring (bicyclic) bond motifs is 3. The second-order valence-electron chi connectivity index (χ2n) is 7.75. The molecule has 8 nitrogen and oxygen atoms in total. The van der Waals surface area contributed by atoms with Gasteiger partial charge in [0.1, 0.15) is 12.6 Å². The van der Waals surface area contributed by atoms with E-state index in [4.69, 9.17) is 14.6 Å². The van der Waals surface area contributed by atoms with Crippen LogP contribution in [0.4, 0.5) is 4.79 Å². The molecular formula is C24H28N2O6. The van der Waals surface area contributed by atoms with Crippen molar-refractivity contribution in [1.82, 2.24) is 10.6 Å². The number of benzene rings is 2. The van der Waals surface area contributed by atoms with E-state index in [1.165, 1.54) is 7.11 Å². The van der Waals surface area contributed by atoms with E-state index < -0.39 is 24.0 Å². The molecule has 170 valence electrons. The lowest BCUT2D eigenvalue weighted by Gasteiger charge is -2.20. The van der Waals surface area contributed by atoms with Gasteiger partial charge in [-0.15, -0.1) is 0 Å². The molecule has 0 aromatic heterocycles. The van der Waals surface area contributed by atoms with Crippen molar-refractivity contribution in [2.75, 3.05) is 20.3 Å². The molecule has 32 heavy (non-hydrogen) atoms. The molecule has 1 unspecified atom stereocenters. The number of carboxylic acid groups (broad SMARTS) is 1. The number of hydrogen-bond acceptors (Lipinski definition) is 5. The summed E-state index contributed by atoms with van der Waals surface area (Å²) in [4.78, 5) is 35.9. The molecule has 0 heterocycles. The summed E-state index contributed by atoms with van der Waals surface area (Å²) in [6, 6.07) is 14.9. The van der Waals surface area contributed by atoms with Crippen LogP contribution >= 0.6 is 0 Å². The van der Waals surface area contributed by atoms with Crippen molar-refractivity contribution in [3.8, 4) is 11.1 Å². The monoisotopic (exact) mass is 440 g/mol. The van der Waals surface area contributed by atoms with Gasteiger partial charge in [0.05, 0.1) is 6.10 Å². The minimum Gasteiger partial charge on any atom is -0.481 e. The summed E-state index contributed by atoms with van der Waals surface area (Å²) < 4.78 is 10.6. The number of carbonyl (C=O) groups is 3. The van der Waals surface area contributed by atoms with Gasteiger partial charge in [0, 0.05) is 26.0 Å². The Labute approximate surface area is 186 Å². The van der Waals surface area contributed by atoms with Gasteiger partial charge in [0.15, 0.2) is 0 Å². The molecule has 3 N–H and O–H groups in total. The van der Waals surface area contributed by atoms with E-state index >= 15 is 0 Å². The van der Waals surface area contributed by atoms with E-state index in [-0.39, 0.29) is 38.0 Å². The Balaban J connectivity index is 1.63. The van der Waals surface area contributed by atoms with E-state index in [9.17, 15) is 14.4 Å². The van der Waals surface area contributed by atoms with Gasteiger partial charge >= 0.3 is 12.1 Å². The molecule has 0 saturated heterocycles. The van der Waals surface area contributed by atoms with Crippen LogP contribution in [0.2, 0.25) is 0 Å². The zero-order valence-electron chi connectivity index (χ0n) is 18.2. The van der Waals surface area contributed by atoms with Gasteiger partial charge in [-0.1, -0.05) is 48.5 Å². The summed E-state index contributed by atoms with van der Waals surface area (Å²) in [5.74, 6) is -1.65. The number of methoxy groups -OCH3 is 1. The SMILES string of the molecule is CO[C@@H](C)CNC(=O)C(CCC(=O)O)NC(=O)OCC1c2ccccc2-c2ccccc21. The smallest absolute Gasteiger partial charge is 0.407 e. The Morgan fingerprint density at radius 2 is 1.62 bits per heavy atom. The number of amides is 2. The topological polar surface area (TPSA) is 114 Å². The first kappa shape index (κ1) is 23.3. The largest absolute Gasteiger partial charge is 0.481 e. The highest BCUT2D eigenvalue weighted by atomic mass is 16.5. The highest BCUT2D eigenvalue weighted by Crippen LogP contribution is 2.44. The molecule has 2 atom stereocenters. The summed E-state index contributed by atoms with van der Waals surface area (Å²) in [6.45, 7) is 2.13. The molecule has 0 radical (unpaired) electrons. The van der Waals surface area contributed by atoms with Gasteiger partial charge in [0.25, 0.3) is 0 Å². The normalized spacial score (nSPS) is 14.1. The maximum absolute atomic E-state index is 12.5. The van der Waals surface area contributed by atoms with Crippen LogP contribution in [0, 0.1) is 0 Å². The summed E-state index contributed by atoms with van der Waals surface area (Å²) in [5, 5.41) is 14.1. The molecule has 0 fully saturated rings. The molecule has 1 aliphatic rings. The van der Waals surface area contributed by atoms with Crippen LogP contribution in [0.1, 0.15) is 36.8 Å². The van der Waals surface area contributed by atoms with Crippen LogP contribution in [0.15, 0.2) is 48.5 Å². The Hall–Kier alpha value is -3.39. The second-order valence-corrected chi connectivity index (χ2v) is 7.75. The van der Waals surface area contributed by atoms with Gasteiger partial charge in [0.2, 0.25) is 5.91 Å². The zero-order chi connectivity index (χ0) is 23.1. The van der Waals surface area contributed by atoms with Crippen molar-refractivity contribution in [3.63, 3.8) is 0 Å². The van der Waals surface area contributed by atoms with E-state index in [0.717, 1.165) is 22.3 Å². The number of alkyl carbamates (subject to hydrolysis) is 1. The lowest BCUT2D eigenvalue weighted by molar-refractivity contribution is -0.137. The molecule has 8 heteroatoms. The fourth-order valence-electron chi connectivity index (χ4n) is 3.77. The van der Waals surface area contributed by atoms with Crippen LogP contribution in [0.3, 0.4) is 0 Å². The summed E-state index contributed by atoms with van der Waals surface area (Å²) in [7, 11) is 1.52. The van der Waals surface area contributed by atoms with Crippen molar-refractivity contribution in [2.45, 2.75) is 37.8 Å². The first-order chi connectivity index (χ1) is 15.4. The summed E-state index contributed by atoms with van der Waals surface area (Å²) in [6.07, 6.45) is -1.29.